The predicted octanol–water partition coefficient (Wildman–Crippen LogP) is 2.30. The van der Waals surface area contributed by atoms with Crippen LogP contribution < -0.4 is 10.0 Å². The van der Waals surface area contributed by atoms with E-state index < -0.39 is 20.9 Å². The molecule has 2 aromatic rings. The monoisotopic (exact) mass is 405 g/mol. The van der Waals surface area contributed by atoms with Gasteiger partial charge >= 0.3 is 0 Å². The molecule has 0 unspecified atom stereocenters. The van der Waals surface area contributed by atoms with Gasteiger partial charge < -0.3 is 10.1 Å². The number of sulfonamides is 1. The average molecular weight is 405 g/mol. The number of ether oxygens (including phenoxy) is 1. The zero-order valence-electron chi connectivity index (χ0n) is 14.8. The largest absolute Gasteiger partial charge is 0.376 e. The average Bonchev–Trinajstić information content (AvgIpc) is 3.20. The van der Waals surface area contributed by atoms with Crippen molar-refractivity contribution >= 4 is 27.3 Å². The number of anilines is 1. The molecule has 0 saturated carbocycles. The van der Waals surface area contributed by atoms with Gasteiger partial charge in [0.2, 0.25) is 0 Å². The van der Waals surface area contributed by atoms with Crippen LogP contribution in [0.5, 0.6) is 0 Å². The fourth-order valence-electron chi connectivity index (χ4n) is 2.85. The van der Waals surface area contributed by atoms with Crippen molar-refractivity contribution in [2.24, 2.45) is 0 Å². The number of nitrogens with zero attached hydrogens (tertiary/aromatic N) is 1. The Morgan fingerprint density at radius 3 is 2.71 bits per heavy atom. The van der Waals surface area contributed by atoms with E-state index in [1.54, 1.807) is 12.1 Å². The Balaban J connectivity index is 1.79. The van der Waals surface area contributed by atoms with Crippen LogP contribution in [0.2, 0.25) is 0 Å². The van der Waals surface area contributed by atoms with Crippen LogP contribution in [0, 0.1) is 10.1 Å². The molecule has 1 aliphatic rings. The predicted molar refractivity (Wildman–Crippen MR) is 102 cm³/mol. The summed E-state index contributed by atoms with van der Waals surface area (Å²) in [6, 6.07) is 10.8. The normalized spacial score (nSPS) is 16.5. The van der Waals surface area contributed by atoms with Gasteiger partial charge in [-0.2, -0.15) is 0 Å². The first kappa shape index (κ1) is 19.8. The third-order valence-electron chi connectivity index (χ3n) is 4.27. The standard InChI is InChI=1S/C18H19N3O6S/c22-18(19-12-14-6-4-10-27-14)16-8-1-2-9-17(16)20-28(25,26)15-7-3-5-13(11-15)21(23)24/h1-3,5,7-9,11,14,20H,4,6,10,12H2,(H,19,22)/t14-/m1/s1. The molecule has 1 atom stereocenters. The lowest BCUT2D eigenvalue weighted by atomic mass is 10.1. The molecule has 9 nitrogen and oxygen atoms in total. The molecule has 1 fully saturated rings. The van der Waals surface area contributed by atoms with Gasteiger partial charge in [-0.1, -0.05) is 18.2 Å². The Kier molecular flexibility index (Phi) is 5.90. The molecule has 1 amide bonds. The Bertz CT molecular complexity index is 986. The number of nitro benzene ring substituents is 1. The van der Waals surface area contributed by atoms with Crippen molar-refractivity contribution in [2.75, 3.05) is 17.9 Å². The van der Waals surface area contributed by atoms with E-state index in [0.717, 1.165) is 18.9 Å². The van der Waals surface area contributed by atoms with Crippen LogP contribution in [0.25, 0.3) is 0 Å². The van der Waals surface area contributed by atoms with Crippen LogP contribution in [0.15, 0.2) is 53.4 Å². The van der Waals surface area contributed by atoms with Gasteiger partial charge in [0, 0.05) is 25.3 Å². The summed E-state index contributed by atoms with van der Waals surface area (Å²) >= 11 is 0. The Labute approximate surface area is 161 Å². The maximum atomic E-state index is 12.6. The Hall–Kier alpha value is -2.98. The molecular formula is C18H19N3O6S. The summed E-state index contributed by atoms with van der Waals surface area (Å²) in [5.74, 6) is -0.437. The van der Waals surface area contributed by atoms with Crippen molar-refractivity contribution in [3.8, 4) is 0 Å². The molecular weight excluding hydrogens is 386 g/mol. The number of carbonyl (C=O) groups is 1. The summed E-state index contributed by atoms with van der Waals surface area (Å²) in [6.07, 6.45) is 1.76. The van der Waals surface area contributed by atoms with Crippen LogP contribution >= 0.6 is 0 Å². The lowest BCUT2D eigenvalue weighted by Crippen LogP contribution is -2.32. The SMILES string of the molecule is O=C(NC[C@H]1CCCO1)c1ccccc1NS(=O)(=O)c1cccc([N+](=O)[O-])c1. The summed E-state index contributed by atoms with van der Waals surface area (Å²) in [7, 11) is -4.12. The van der Waals surface area contributed by atoms with Gasteiger partial charge in [0.1, 0.15) is 0 Å². The number of para-hydroxylation sites is 1. The molecule has 0 aromatic heterocycles. The highest BCUT2D eigenvalue weighted by atomic mass is 32.2. The van der Waals surface area contributed by atoms with Crippen LogP contribution in [0.3, 0.4) is 0 Å². The van der Waals surface area contributed by atoms with E-state index in [9.17, 15) is 23.3 Å². The number of rotatable bonds is 7. The minimum absolute atomic E-state index is 0.0438. The molecule has 1 saturated heterocycles. The molecule has 1 heterocycles. The number of nitro groups is 1. The molecule has 2 N–H and O–H groups in total. The van der Waals surface area contributed by atoms with E-state index in [1.165, 1.54) is 30.3 Å². The zero-order valence-corrected chi connectivity index (χ0v) is 15.6. The highest BCUT2D eigenvalue weighted by molar-refractivity contribution is 7.92. The van der Waals surface area contributed by atoms with Crippen LogP contribution in [-0.4, -0.2) is 38.5 Å². The smallest absolute Gasteiger partial charge is 0.270 e. The number of hydrogen-bond donors (Lipinski definition) is 2. The number of amides is 1. The fraction of sp³-hybridized carbons (Fsp3) is 0.278. The molecule has 0 bridgehead atoms. The number of carbonyl (C=O) groups excluding carboxylic acids is 1. The van der Waals surface area contributed by atoms with E-state index in [0.29, 0.717) is 13.2 Å². The van der Waals surface area contributed by atoms with Crippen molar-refractivity contribution in [2.45, 2.75) is 23.8 Å². The minimum atomic E-state index is -4.12. The number of non-ortho nitro benzene ring substituents is 1. The van der Waals surface area contributed by atoms with Crippen LogP contribution in [0.4, 0.5) is 11.4 Å². The molecule has 0 spiro atoms. The summed E-state index contributed by atoms with van der Waals surface area (Å²) in [5, 5.41) is 13.6. The molecule has 1 aliphatic heterocycles. The van der Waals surface area contributed by atoms with E-state index in [1.807, 2.05) is 0 Å². The maximum absolute atomic E-state index is 12.6. The molecule has 10 heteroatoms. The van der Waals surface area contributed by atoms with Gasteiger partial charge in [-0.05, 0) is 31.0 Å². The molecule has 2 aromatic carbocycles. The van der Waals surface area contributed by atoms with Gasteiger partial charge in [0.15, 0.2) is 0 Å². The van der Waals surface area contributed by atoms with Gasteiger partial charge in [-0.15, -0.1) is 0 Å². The van der Waals surface area contributed by atoms with Crippen LogP contribution in [0.1, 0.15) is 23.2 Å². The number of benzene rings is 2. The number of nitrogens with one attached hydrogen (secondary N) is 2. The van der Waals surface area contributed by atoms with Crippen molar-refractivity contribution in [1.82, 2.24) is 5.32 Å². The van der Waals surface area contributed by atoms with Crippen molar-refractivity contribution < 1.29 is 22.9 Å². The Morgan fingerprint density at radius 1 is 1.21 bits per heavy atom. The van der Waals surface area contributed by atoms with Gasteiger partial charge in [0.05, 0.1) is 27.2 Å². The second kappa shape index (κ2) is 8.36. The van der Waals surface area contributed by atoms with E-state index in [-0.39, 0.29) is 27.9 Å². The molecule has 3 rings (SSSR count). The van der Waals surface area contributed by atoms with Gasteiger partial charge in [-0.25, -0.2) is 8.42 Å². The van der Waals surface area contributed by atoms with Crippen molar-refractivity contribution in [3.63, 3.8) is 0 Å². The van der Waals surface area contributed by atoms with Gasteiger partial charge in [0.25, 0.3) is 21.6 Å². The molecule has 0 aliphatic carbocycles. The molecule has 28 heavy (non-hydrogen) atoms. The van der Waals surface area contributed by atoms with Gasteiger partial charge in [-0.3, -0.25) is 19.6 Å². The third-order valence-corrected chi connectivity index (χ3v) is 5.63. The lowest BCUT2D eigenvalue weighted by Gasteiger charge is -2.14. The van der Waals surface area contributed by atoms with Crippen LogP contribution in [-0.2, 0) is 14.8 Å². The summed E-state index contributed by atoms with van der Waals surface area (Å²) in [6.45, 7) is 1.00. The van der Waals surface area contributed by atoms with E-state index in [2.05, 4.69) is 10.0 Å². The second-order valence-electron chi connectivity index (χ2n) is 6.25. The Morgan fingerprint density at radius 2 is 2.00 bits per heavy atom. The lowest BCUT2D eigenvalue weighted by molar-refractivity contribution is -0.385. The number of hydrogen-bond acceptors (Lipinski definition) is 6. The highest BCUT2D eigenvalue weighted by Crippen LogP contribution is 2.23. The minimum Gasteiger partial charge on any atom is -0.376 e. The fourth-order valence-corrected chi connectivity index (χ4v) is 3.96. The van der Waals surface area contributed by atoms with Crippen molar-refractivity contribution in [1.29, 1.82) is 0 Å². The highest BCUT2D eigenvalue weighted by Gasteiger charge is 2.22. The first-order chi connectivity index (χ1) is 13.4. The zero-order chi connectivity index (χ0) is 20.1. The summed E-state index contributed by atoms with van der Waals surface area (Å²) in [4.78, 5) is 22.4. The summed E-state index contributed by atoms with van der Waals surface area (Å²) < 4.78 is 33.1. The first-order valence-electron chi connectivity index (χ1n) is 8.63. The molecule has 0 radical (unpaired) electrons. The van der Waals surface area contributed by atoms with Crippen molar-refractivity contribution in [3.05, 3.63) is 64.2 Å². The maximum Gasteiger partial charge on any atom is 0.270 e. The van der Waals surface area contributed by atoms with E-state index >= 15 is 0 Å². The first-order valence-corrected chi connectivity index (χ1v) is 10.1. The second-order valence-corrected chi connectivity index (χ2v) is 7.93. The van der Waals surface area contributed by atoms with E-state index in [4.69, 9.17) is 4.74 Å². The third kappa shape index (κ3) is 4.65. The quantitative estimate of drug-likeness (QED) is 0.537. The molecule has 148 valence electrons. The summed E-state index contributed by atoms with van der Waals surface area (Å²) in [5.41, 5.74) is -0.112. The topological polar surface area (TPSA) is 128 Å².